The summed E-state index contributed by atoms with van der Waals surface area (Å²) in [6.07, 6.45) is 47.6. The largest absolute Gasteiger partial charge is 0.472 e. The van der Waals surface area contributed by atoms with Gasteiger partial charge in [-0.1, -0.05) is 305 Å². The Morgan fingerprint density at radius 3 is 0.764 bits per heavy atom. The first-order valence-electron chi connectivity index (χ1n) is 36.5. The first-order chi connectivity index (χ1) is 42.9. The SMILES string of the molecule is CCCCCCCCCCCCCCCCCCCCC(=O)O[C@H](COC(=O)CCCCCCCCCCCCC(C)C)COP(=O)(O)OC[C@@H](O)COP(=O)(O)OC[C@@H](COC(=O)CCCCCCC)OC(=O)CCCCCCCCCCCCC(C)C. The van der Waals surface area contributed by atoms with Crippen molar-refractivity contribution in [3.8, 4) is 0 Å². The second kappa shape index (κ2) is 62.2. The van der Waals surface area contributed by atoms with E-state index in [0.29, 0.717) is 25.7 Å². The van der Waals surface area contributed by atoms with Crippen LogP contribution in [0.2, 0.25) is 0 Å². The number of hydrogen-bond acceptors (Lipinski definition) is 15. The van der Waals surface area contributed by atoms with Gasteiger partial charge in [-0.3, -0.25) is 37.3 Å². The van der Waals surface area contributed by atoms with E-state index >= 15 is 0 Å². The van der Waals surface area contributed by atoms with Crippen LogP contribution in [0.4, 0.5) is 0 Å². The van der Waals surface area contributed by atoms with Crippen LogP contribution in [0, 0.1) is 11.8 Å². The minimum atomic E-state index is -4.95. The lowest BCUT2D eigenvalue weighted by Gasteiger charge is -2.21. The Hall–Kier alpha value is -1.94. The minimum Gasteiger partial charge on any atom is -0.462 e. The molecule has 0 saturated heterocycles. The van der Waals surface area contributed by atoms with Crippen LogP contribution in [-0.4, -0.2) is 96.7 Å². The predicted octanol–water partition coefficient (Wildman–Crippen LogP) is 20.0. The van der Waals surface area contributed by atoms with Gasteiger partial charge in [-0.25, -0.2) is 9.13 Å². The van der Waals surface area contributed by atoms with Crippen LogP contribution >= 0.6 is 15.6 Å². The standard InChI is InChI=1S/C70H136O17P2/c1-7-9-11-13-14-15-16-17-18-19-20-21-22-23-31-36-42-48-54-70(75)87-66(59-81-68(73)53-47-41-35-30-26-24-28-33-39-44-50-62(3)4)61-85-89(78,79)83-57-64(71)56-82-88(76,77)84-60-65(58-80-67(72)52-46-38-12-10-8-2)86-69(74)55-49-43-37-32-27-25-29-34-40-45-51-63(5)6/h62-66,71H,7-61H2,1-6H3,(H,76,77)(H,78,79)/t64-,65+,66+/m0/s1. The van der Waals surface area contributed by atoms with Gasteiger partial charge in [0.25, 0.3) is 0 Å². The summed E-state index contributed by atoms with van der Waals surface area (Å²) in [6.45, 7) is 9.45. The van der Waals surface area contributed by atoms with Crippen molar-refractivity contribution in [1.82, 2.24) is 0 Å². The van der Waals surface area contributed by atoms with Crippen LogP contribution in [-0.2, 0) is 65.4 Å². The highest BCUT2D eigenvalue weighted by Gasteiger charge is 2.30. The topological polar surface area (TPSA) is 237 Å². The van der Waals surface area contributed by atoms with Gasteiger partial charge in [0.2, 0.25) is 0 Å². The van der Waals surface area contributed by atoms with E-state index in [0.717, 1.165) is 108 Å². The van der Waals surface area contributed by atoms with E-state index in [1.807, 2.05) is 0 Å². The van der Waals surface area contributed by atoms with Crippen molar-refractivity contribution in [2.45, 2.75) is 374 Å². The van der Waals surface area contributed by atoms with Crippen LogP contribution in [0.3, 0.4) is 0 Å². The second-order valence-electron chi connectivity index (χ2n) is 26.2. The summed E-state index contributed by atoms with van der Waals surface area (Å²) in [6, 6.07) is 0. The number of carbonyl (C=O) groups excluding carboxylic acids is 4. The molecule has 19 heteroatoms. The molecular formula is C70H136O17P2. The van der Waals surface area contributed by atoms with E-state index in [9.17, 15) is 43.2 Å². The number of aliphatic hydroxyl groups excluding tert-OH is 1. The number of rotatable bonds is 69. The smallest absolute Gasteiger partial charge is 0.462 e. The van der Waals surface area contributed by atoms with Crippen molar-refractivity contribution in [3.05, 3.63) is 0 Å². The fraction of sp³-hybridized carbons (Fsp3) is 0.943. The van der Waals surface area contributed by atoms with Crippen molar-refractivity contribution in [2.24, 2.45) is 11.8 Å². The third-order valence-corrected chi connectivity index (χ3v) is 18.1. The molecule has 0 rings (SSSR count). The number of esters is 4. The average Bonchev–Trinajstić information content (AvgIpc) is 3.65. The predicted molar refractivity (Wildman–Crippen MR) is 358 cm³/mol. The molecule has 0 aliphatic carbocycles. The highest BCUT2D eigenvalue weighted by atomic mass is 31.2. The van der Waals surface area contributed by atoms with Crippen LogP contribution in [0.5, 0.6) is 0 Å². The Balaban J connectivity index is 5.15. The highest BCUT2D eigenvalue weighted by molar-refractivity contribution is 7.47. The normalized spacial score (nSPS) is 14.1. The molecule has 0 aliphatic heterocycles. The maximum Gasteiger partial charge on any atom is 0.472 e. The molecular weight excluding hydrogens is 1170 g/mol. The molecule has 2 unspecified atom stereocenters. The zero-order valence-electron chi connectivity index (χ0n) is 57.7. The van der Waals surface area contributed by atoms with Gasteiger partial charge in [0.15, 0.2) is 12.2 Å². The highest BCUT2D eigenvalue weighted by Crippen LogP contribution is 2.45. The first kappa shape index (κ1) is 87.1. The number of aliphatic hydroxyl groups is 1. The minimum absolute atomic E-state index is 0.105. The van der Waals surface area contributed by atoms with Gasteiger partial charge in [0.05, 0.1) is 26.4 Å². The van der Waals surface area contributed by atoms with E-state index in [1.165, 1.54) is 167 Å². The van der Waals surface area contributed by atoms with Crippen molar-refractivity contribution < 1.29 is 80.2 Å². The van der Waals surface area contributed by atoms with Gasteiger partial charge >= 0.3 is 39.5 Å². The quantitative estimate of drug-likeness (QED) is 0.0222. The first-order valence-corrected chi connectivity index (χ1v) is 39.5. The Morgan fingerprint density at radius 2 is 0.517 bits per heavy atom. The summed E-state index contributed by atoms with van der Waals surface area (Å²) < 4.78 is 68.1. The van der Waals surface area contributed by atoms with Crippen LogP contribution in [0.25, 0.3) is 0 Å². The molecule has 5 atom stereocenters. The summed E-state index contributed by atoms with van der Waals surface area (Å²) in [4.78, 5) is 72.3. The van der Waals surface area contributed by atoms with Crippen LogP contribution in [0.15, 0.2) is 0 Å². The Kier molecular flexibility index (Phi) is 60.8. The maximum absolute atomic E-state index is 13.0. The van der Waals surface area contributed by atoms with Crippen molar-refractivity contribution >= 4 is 39.5 Å². The van der Waals surface area contributed by atoms with Gasteiger partial charge in [-0.05, 0) is 37.5 Å². The molecule has 0 aromatic carbocycles. The number of ether oxygens (including phenoxy) is 4. The molecule has 0 aliphatic rings. The summed E-state index contributed by atoms with van der Waals surface area (Å²) in [5, 5.41) is 10.6. The Bertz CT molecular complexity index is 1730. The molecule has 3 N–H and O–H groups in total. The van der Waals surface area contributed by atoms with E-state index in [-0.39, 0.29) is 25.7 Å². The molecule has 0 heterocycles. The second-order valence-corrected chi connectivity index (χ2v) is 29.1. The number of unbranched alkanes of at least 4 members (excludes halogenated alkanes) is 39. The van der Waals surface area contributed by atoms with Gasteiger partial charge in [-0.2, -0.15) is 0 Å². The zero-order chi connectivity index (χ0) is 65.7. The summed E-state index contributed by atoms with van der Waals surface area (Å²) in [5.74, 6) is -0.624. The third-order valence-electron chi connectivity index (χ3n) is 16.2. The fourth-order valence-electron chi connectivity index (χ4n) is 10.6. The average molecular weight is 1310 g/mol. The maximum atomic E-state index is 13.0. The zero-order valence-corrected chi connectivity index (χ0v) is 59.5. The van der Waals surface area contributed by atoms with E-state index in [1.54, 1.807) is 0 Å². The number of carbonyl (C=O) groups is 4. The fourth-order valence-corrected chi connectivity index (χ4v) is 12.2. The summed E-state index contributed by atoms with van der Waals surface area (Å²) >= 11 is 0. The van der Waals surface area contributed by atoms with Crippen LogP contribution in [0.1, 0.15) is 356 Å². The number of hydrogen-bond donors (Lipinski definition) is 3. The van der Waals surface area contributed by atoms with Crippen LogP contribution < -0.4 is 0 Å². The van der Waals surface area contributed by atoms with Gasteiger partial charge in [0.1, 0.15) is 19.3 Å². The lowest BCUT2D eigenvalue weighted by Crippen LogP contribution is -2.30. The molecule has 0 radical (unpaired) electrons. The van der Waals surface area contributed by atoms with E-state index in [2.05, 4.69) is 41.5 Å². The lowest BCUT2D eigenvalue weighted by atomic mass is 10.0. The molecule has 0 bridgehead atoms. The molecule has 0 aromatic heterocycles. The number of phosphoric ester groups is 2. The van der Waals surface area contributed by atoms with Crippen molar-refractivity contribution in [3.63, 3.8) is 0 Å². The molecule has 0 spiro atoms. The molecule has 0 fully saturated rings. The van der Waals surface area contributed by atoms with Gasteiger partial charge in [-0.15, -0.1) is 0 Å². The molecule has 0 aromatic rings. The van der Waals surface area contributed by atoms with Gasteiger partial charge < -0.3 is 33.8 Å². The summed E-state index contributed by atoms with van der Waals surface area (Å²) in [5.41, 5.74) is 0. The molecule has 528 valence electrons. The molecule has 89 heavy (non-hydrogen) atoms. The Morgan fingerprint density at radius 1 is 0.303 bits per heavy atom. The number of phosphoric acid groups is 2. The lowest BCUT2D eigenvalue weighted by molar-refractivity contribution is -0.161. The van der Waals surface area contributed by atoms with Crippen molar-refractivity contribution in [1.29, 1.82) is 0 Å². The summed E-state index contributed by atoms with van der Waals surface area (Å²) in [7, 11) is -9.89. The van der Waals surface area contributed by atoms with E-state index in [4.69, 9.17) is 37.0 Å². The molecule has 0 amide bonds. The van der Waals surface area contributed by atoms with Gasteiger partial charge in [0, 0.05) is 25.7 Å². The molecule has 17 nitrogen and oxygen atoms in total. The van der Waals surface area contributed by atoms with Crippen molar-refractivity contribution in [2.75, 3.05) is 39.6 Å². The van der Waals surface area contributed by atoms with E-state index < -0.39 is 97.5 Å². The monoisotopic (exact) mass is 1310 g/mol. The third kappa shape index (κ3) is 64.6. The Labute approximate surface area is 543 Å². The molecule has 0 saturated carbocycles.